The number of piperazine rings is 1. The molecular weight excluding hydrogens is 290 g/mol. The Labute approximate surface area is 133 Å². The molecule has 0 aromatic carbocycles. The summed E-state index contributed by atoms with van der Waals surface area (Å²) in [6.45, 7) is 7.14. The molecule has 0 unspecified atom stereocenters. The van der Waals surface area contributed by atoms with Gasteiger partial charge in [-0.25, -0.2) is 0 Å². The van der Waals surface area contributed by atoms with Gasteiger partial charge in [0.05, 0.1) is 0 Å². The second-order valence-electron chi connectivity index (χ2n) is 6.56. The molecule has 1 N–H and O–H groups in total. The van der Waals surface area contributed by atoms with Crippen molar-refractivity contribution < 1.29 is 9.59 Å². The molecule has 6 heteroatoms. The van der Waals surface area contributed by atoms with Crippen molar-refractivity contribution >= 4 is 24.2 Å². The molecule has 122 valence electrons. The fraction of sp³-hybridized carbons (Fsp3) is 0.867. The quantitative estimate of drug-likeness (QED) is 0.853. The number of nitrogens with zero attached hydrogens (tertiary/aromatic N) is 2. The minimum atomic E-state index is -0.696. The van der Waals surface area contributed by atoms with Crippen molar-refractivity contribution in [3.8, 4) is 0 Å². The highest BCUT2D eigenvalue weighted by atomic mass is 35.5. The van der Waals surface area contributed by atoms with E-state index in [1.54, 1.807) is 16.8 Å². The lowest BCUT2D eigenvalue weighted by Crippen LogP contribution is -2.63. The summed E-state index contributed by atoms with van der Waals surface area (Å²) in [6.07, 6.45) is 3.86. The maximum Gasteiger partial charge on any atom is 0.247 e. The molecule has 0 bridgehead atoms. The van der Waals surface area contributed by atoms with Gasteiger partial charge in [-0.05, 0) is 52.1 Å². The summed E-state index contributed by atoms with van der Waals surface area (Å²) in [5.74, 6) is 0.834. The van der Waals surface area contributed by atoms with Crippen LogP contribution in [0.4, 0.5) is 0 Å². The second kappa shape index (κ2) is 7.45. The summed E-state index contributed by atoms with van der Waals surface area (Å²) < 4.78 is 0. The molecule has 2 amide bonds. The monoisotopic (exact) mass is 317 g/mol. The standard InChI is InChI=1S/C15H27N3O2.ClH/c1-15(2)14(20)17(3)10-11-18(15)13(19)5-4-12-6-8-16-9-7-12;/h12,16H,4-11H2,1-3H3;1H. The first-order valence-corrected chi connectivity index (χ1v) is 7.69. The molecule has 0 atom stereocenters. The number of likely N-dealkylation sites (N-methyl/N-ethyl adjacent to an activating group) is 1. The van der Waals surface area contributed by atoms with E-state index in [-0.39, 0.29) is 24.2 Å². The van der Waals surface area contributed by atoms with Crippen LogP contribution >= 0.6 is 12.4 Å². The van der Waals surface area contributed by atoms with Crippen LogP contribution in [0.1, 0.15) is 39.5 Å². The SMILES string of the molecule is CN1CCN(C(=O)CCC2CCNCC2)C(C)(C)C1=O.Cl. The summed E-state index contributed by atoms with van der Waals surface area (Å²) in [6, 6.07) is 0. The van der Waals surface area contributed by atoms with E-state index >= 15 is 0 Å². The van der Waals surface area contributed by atoms with E-state index in [0.29, 0.717) is 25.4 Å². The van der Waals surface area contributed by atoms with Crippen molar-refractivity contribution in [2.75, 3.05) is 33.2 Å². The molecule has 2 saturated heterocycles. The highest BCUT2D eigenvalue weighted by Crippen LogP contribution is 2.24. The van der Waals surface area contributed by atoms with Gasteiger partial charge in [0, 0.05) is 26.6 Å². The number of halogens is 1. The van der Waals surface area contributed by atoms with Crippen LogP contribution in [0.15, 0.2) is 0 Å². The molecule has 0 aromatic rings. The second-order valence-corrected chi connectivity index (χ2v) is 6.56. The number of amides is 2. The number of carbonyl (C=O) groups is 2. The third-order valence-electron chi connectivity index (χ3n) is 4.73. The molecule has 0 radical (unpaired) electrons. The first-order chi connectivity index (χ1) is 9.43. The topological polar surface area (TPSA) is 52.6 Å². The van der Waals surface area contributed by atoms with E-state index in [0.717, 1.165) is 19.5 Å². The average Bonchev–Trinajstić information content (AvgIpc) is 2.43. The maximum absolute atomic E-state index is 12.4. The fourth-order valence-electron chi connectivity index (χ4n) is 3.28. The van der Waals surface area contributed by atoms with Crippen LogP contribution in [0, 0.1) is 5.92 Å². The van der Waals surface area contributed by atoms with Gasteiger partial charge >= 0.3 is 0 Å². The van der Waals surface area contributed by atoms with Crippen LogP contribution in [0.2, 0.25) is 0 Å². The van der Waals surface area contributed by atoms with Gasteiger partial charge in [0.15, 0.2) is 0 Å². The predicted octanol–water partition coefficient (Wildman–Crippen LogP) is 1.27. The molecule has 0 aliphatic carbocycles. The van der Waals surface area contributed by atoms with Crippen LogP contribution < -0.4 is 5.32 Å². The Hall–Kier alpha value is -0.810. The lowest BCUT2D eigenvalue weighted by Gasteiger charge is -2.45. The Morgan fingerprint density at radius 2 is 1.90 bits per heavy atom. The Morgan fingerprint density at radius 1 is 1.29 bits per heavy atom. The van der Waals surface area contributed by atoms with E-state index in [1.807, 2.05) is 13.8 Å². The predicted molar refractivity (Wildman–Crippen MR) is 85.5 cm³/mol. The van der Waals surface area contributed by atoms with Gasteiger partial charge in [-0.15, -0.1) is 12.4 Å². The Kier molecular flexibility index (Phi) is 6.47. The van der Waals surface area contributed by atoms with Crippen molar-refractivity contribution in [3.63, 3.8) is 0 Å². The van der Waals surface area contributed by atoms with E-state index in [4.69, 9.17) is 0 Å². The van der Waals surface area contributed by atoms with Crippen molar-refractivity contribution in [2.24, 2.45) is 5.92 Å². The summed E-state index contributed by atoms with van der Waals surface area (Å²) in [7, 11) is 1.81. The van der Waals surface area contributed by atoms with Gasteiger partial charge in [-0.3, -0.25) is 9.59 Å². The van der Waals surface area contributed by atoms with Crippen LogP contribution in [-0.4, -0.2) is 60.4 Å². The summed E-state index contributed by atoms with van der Waals surface area (Å²) >= 11 is 0. The maximum atomic E-state index is 12.4. The van der Waals surface area contributed by atoms with Crippen molar-refractivity contribution in [1.29, 1.82) is 0 Å². The molecule has 2 aliphatic heterocycles. The molecule has 0 spiro atoms. The molecule has 0 saturated carbocycles. The molecule has 0 aromatic heterocycles. The first kappa shape index (κ1) is 18.2. The minimum absolute atomic E-state index is 0. The molecule has 5 nitrogen and oxygen atoms in total. The molecule has 2 fully saturated rings. The number of piperidine rings is 1. The molecule has 2 rings (SSSR count). The third kappa shape index (κ3) is 4.10. The zero-order valence-electron chi connectivity index (χ0n) is 13.4. The first-order valence-electron chi connectivity index (χ1n) is 7.69. The normalized spacial score (nSPS) is 22.9. The van der Waals surface area contributed by atoms with Crippen LogP contribution in [0.5, 0.6) is 0 Å². The summed E-state index contributed by atoms with van der Waals surface area (Å²) in [5.41, 5.74) is -0.696. The van der Waals surface area contributed by atoms with Crippen molar-refractivity contribution in [1.82, 2.24) is 15.1 Å². The number of carbonyl (C=O) groups excluding carboxylic acids is 2. The Balaban J connectivity index is 0.00000220. The average molecular weight is 318 g/mol. The molecule has 21 heavy (non-hydrogen) atoms. The fourth-order valence-corrected chi connectivity index (χ4v) is 3.28. The summed E-state index contributed by atoms with van der Waals surface area (Å²) in [5, 5.41) is 3.34. The van der Waals surface area contributed by atoms with Crippen LogP contribution in [0.3, 0.4) is 0 Å². The van der Waals surface area contributed by atoms with Crippen LogP contribution in [0.25, 0.3) is 0 Å². The highest BCUT2D eigenvalue weighted by Gasteiger charge is 2.42. The smallest absolute Gasteiger partial charge is 0.247 e. The van der Waals surface area contributed by atoms with E-state index in [2.05, 4.69) is 5.32 Å². The van der Waals surface area contributed by atoms with Gasteiger partial charge < -0.3 is 15.1 Å². The largest absolute Gasteiger partial charge is 0.342 e. The third-order valence-corrected chi connectivity index (χ3v) is 4.73. The number of hydrogen-bond donors (Lipinski definition) is 1. The van der Waals surface area contributed by atoms with Gasteiger partial charge in [0.25, 0.3) is 0 Å². The number of hydrogen-bond acceptors (Lipinski definition) is 3. The molecule has 2 aliphatic rings. The number of nitrogens with one attached hydrogen (secondary N) is 1. The number of rotatable bonds is 3. The zero-order chi connectivity index (χ0) is 14.8. The van der Waals surface area contributed by atoms with E-state index < -0.39 is 5.54 Å². The van der Waals surface area contributed by atoms with E-state index in [1.165, 1.54) is 12.8 Å². The Bertz CT molecular complexity index is 381. The lowest BCUT2D eigenvalue weighted by molar-refractivity contribution is -0.157. The molecular formula is C15H28ClN3O2. The zero-order valence-corrected chi connectivity index (χ0v) is 14.2. The van der Waals surface area contributed by atoms with Gasteiger partial charge in [0.1, 0.15) is 5.54 Å². The van der Waals surface area contributed by atoms with Crippen LogP contribution in [-0.2, 0) is 9.59 Å². The van der Waals surface area contributed by atoms with Crippen molar-refractivity contribution in [3.05, 3.63) is 0 Å². The van der Waals surface area contributed by atoms with Gasteiger partial charge in [0.2, 0.25) is 11.8 Å². The van der Waals surface area contributed by atoms with Crippen molar-refractivity contribution in [2.45, 2.75) is 45.1 Å². The molecule has 2 heterocycles. The Morgan fingerprint density at radius 3 is 2.52 bits per heavy atom. The minimum Gasteiger partial charge on any atom is -0.342 e. The van der Waals surface area contributed by atoms with E-state index in [9.17, 15) is 9.59 Å². The summed E-state index contributed by atoms with van der Waals surface area (Å²) in [4.78, 5) is 28.1. The highest BCUT2D eigenvalue weighted by molar-refractivity contribution is 5.91. The lowest BCUT2D eigenvalue weighted by atomic mass is 9.91. The van der Waals surface area contributed by atoms with Gasteiger partial charge in [-0.1, -0.05) is 0 Å². The van der Waals surface area contributed by atoms with Gasteiger partial charge in [-0.2, -0.15) is 0 Å².